The number of hydrogen-bond acceptors (Lipinski definition) is 3. The highest BCUT2D eigenvalue weighted by molar-refractivity contribution is 5.80. The molecule has 0 aromatic heterocycles. The van der Waals surface area contributed by atoms with E-state index in [4.69, 9.17) is 4.99 Å². The maximum atomic E-state index is 4.87. The summed E-state index contributed by atoms with van der Waals surface area (Å²) in [6, 6.07) is 0. The van der Waals surface area contributed by atoms with E-state index in [0.29, 0.717) is 0 Å². The maximum Gasteiger partial charge on any atom is 0.193 e. The fourth-order valence-corrected chi connectivity index (χ4v) is 3.31. The lowest BCUT2D eigenvalue weighted by Gasteiger charge is -2.24. The van der Waals surface area contributed by atoms with Crippen molar-refractivity contribution >= 4 is 5.96 Å². The maximum absolute atomic E-state index is 4.87. The first-order valence-electron chi connectivity index (χ1n) is 10.1. The van der Waals surface area contributed by atoms with Crippen molar-refractivity contribution in [1.82, 2.24) is 20.0 Å². The van der Waals surface area contributed by atoms with Crippen molar-refractivity contribution in [1.29, 1.82) is 0 Å². The van der Waals surface area contributed by atoms with Crippen molar-refractivity contribution in [2.45, 2.75) is 47.0 Å². The van der Waals surface area contributed by atoms with Gasteiger partial charge in [-0.1, -0.05) is 27.2 Å². The Bertz CT molecular complexity index is 341. The van der Waals surface area contributed by atoms with Crippen LogP contribution in [0.2, 0.25) is 0 Å². The summed E-state index contributed by atoms with van der Waals surface area (Å²) in [5, 5.41) is 3.49. The number of hydrogen-bond donors (Lipinski definition) is 1. The number of likely N-dealkylation sites (tertiary alicyclic amines) is 1. The van der Waals surface area contributed by atoms with Crippen LogP contribution in [-0.2, 0) is 0 Å². The zero-order valence-electron chi connectivity index (χ0n) is 16.9. The molecule has 0 saturated carbocycles. The Morgan fingerprint density at radius 2 is 1.92 bits per heavy atom. The SMILES string of the molecule is CCCCN(C)CCN=C(NCC)N1CCC(CN(CC)CC)C1. The van der Waals surface area contributed by atoms with Gasteiger partial charge in [0.1, 0.15) is 0 Å². The van der Waals surface area contributed by atoms with Gasteiger partial charge in [-0.25, -0.2) is 0 Å². The molecule has 1 N–H and O–H groups in total. The van der Waals surface area contributed by atoms with E-state index in [9.17, 15) is 0 Å². The summed E-state index contributed by atoms with van der Waals surface area (Å²) in [4.78, 5) is 12.3. The molecule has 1 aliphatic rings. The van der Waals surface area contributed by atoms with Gasteiger partial charge in [0, 0.05) is 32.7 Å². The standard InChI is InChI=1S/C19H41N5/c1-6-10-13-22(5)15-12-21-19(20-7-2)24-14-11-18(17-24)16-23(8-3)9-4/h18H,6-17H2,1-5H3,(H,20,21). The first-order chi connectivity index (χ1) is 11.6. The molecular weight excluding hydrogens is 298 g/mol. The molecule has 1 rings (SSSR count). The molecule has 1 fully saturated rings. The zero-order valence-corrected chi connectivity index (χ0v) is 16.9. The zero-order chi connectivity index (χ0) is 17.8. The van der Waals surface area contributed by atoms with Gasteiger partial charge in [-0.2, -0.15) is 0 Å². The van der Waals surface area contributed by atoms with Gasteiger partial charge in [-0.3, -0.25) is 4.99 Å². The monoisotopic (exact) mass is 339 g/mol. The summed E-state index contributed by atoms with van der Waals surface area (Å²) in [5.74, 6) is 1.89. The fourth-order valence-electron chi connectivity index (χ4n) is 3.31. The molecule has 24 heavy (non-hydrogen) atoms. The quantitative estimate of drug-likeness (QED) is 0.463. The van der Waals surface area contributed by atoms with E-state index in [1.807, 2.05) is 0 Å². The molecule has 0 aromatic carbocycles. The normalized spacial score (nSPS) is 18.9. The number of unbranched alkanes of at least 4 members (excludes halogenated alkanes) is 1. The van der Waals surface area contributed by atoms with Crippen LogP contribution >= 0.6 is 0 Å². The van der Waals surface area contributed by atoms with Gasteiger partial charge in [-0.05, 0) is 52.4 Å². The second-order valence-corrected chi connectivity index (χ2v) is 6.98. The third kappa shape index (κ3) is 7.84. The summed E-state index contributed by atoms with van der Waals surface area (Å²) >= 11 is 0. The van der Waals surface area contributed by atoms with Crippen LogP contribution < -0.4 is 5.32 Å². The summed E-state index contributed by atoms with van der Waals surface area (Å²) in [6.07, 6.45) is 3.83. The lowest BCUT2D eigenvalue weighted by molar-refractivity contribution is 0.255. The van der Waals surface area contributed by atoms with Crippen LogP contribution in [0.25, 0.3) is 0 Å². The Kier molecular flexibility index (Phi) is 11.1. The summed E-state index contributed by atoms with van der Waals surface area (Å²) < 4.78 is 0. The molecule has 0 aliphatic carbocycles. The minimum atomic E-state index is 0.779. The van der Waals surface area contributed by atoms with Crippen LogP contribution in [0.1, 0.15) is 47.0 Å². The molecule has 142 valence electrons. The van der Waals surface area contributed by atoms with Crippen LogP contribution in [0, 0.1) is 5.92 Å². The van der Waals surface area contributed by atoms with Gasteiger partial charge in [0.15, 0.2) is 5.96 Å². The number of nitrogens with one attached hydrogen (secondary N) is 1. The van der Waals surface area contributed by atoms with Gasteiger partial charge in [0.25, 0.3) is 0 Å². The van der Waals surface area contributed by atoms with Crippen molar-refractivity contribution in [3.8, 4) is 0 Å². The van der Waals surface area contributed by atoms with Crippen molar-refractivity contribution < 1.29 is 0 Å². The van der Waals surface area contributed by atoms with Gasteiger partial charge in [-0.15, -0.1) is 0 Å². The Balaban J connectivity index is 2.45. The second kappa shape index (κ2) is 12.5. The van der Waals surface area contributed by atoms with Crippen molar-refractivity contribution in [2.75, 3.05) is 66.0 Å². The molecule has 5 heteroatoms. The Labute approximate surface area is 150 Å². The van der Waals surface area contributed by atoms with Crippen LogP contribution in [0.5, 0.6) is 0 Å². The average Bonchev–Trinajstić information content (AvgIpc) is 3.05. The first kappa shape index (κ1) is 21.2. The van der Waals surface area contributed by atoms with Crippen LogP contribution in [0.15, 0.2) is 4.99 Å². The van der Waals surface area contributed by atoms with Gasteiger partial charge in [0.05, 0.1) is 6.54 Å². The molecule has 1 heterocycles. The fraction of sp³-hybridized carbons (Fsp3) is 0.947. The third-order valence-electron chi connectivity index (χ3n) is 4.97. The van der Waals surface area contributed by atoms with E-state index in [1.165, 1.54) is 32.4 Å². The predicted octanol–water partition coefficient (Wildman–Crippen LogP) is 2.35. The molecule has 1 saturated heterocycles. The van der Waals surface area contributed by atoms with Crippen molar-refractivity contribution in [3.05, 3.63) is 0 Å². The van der Waals surface area contributed by atoms with Gasteiger partial charge >= 0.3 is 0 Å². The molecular formula is C19H41N5. The summed E-state index contributed by atoms with van der Waals surface area (Å²) in [7, 11) is 2.20. The molecule has 0 bridgehead atoms. The number of nitrogens with zero attached hydrogens (tertiary/aromatic N) is 4. The minimum Gasteiger partial charge on any atom is -0.357 e. The Morgan fingerprint density at radius 3 is 2.54 bits per heavy atom. The third-order valence-corrected chi connectivity index (χ3v) is 4.97. The van der Waals surface area contributed by atoms with Crippen LogP contribution in [0.4, 0.5) is 0 Å². The van der Waals surface area contributed by atoms with E-state index >= 15 is 0 Å². The molecule has 1 atom stereocenters. The molecule has 1 unspecified atom stereocenters. The molecule has 0 spiro atoms. The summed E-state index contributed by atoms with van der Waals surface area (Å²) in [6.45, 7) is 18.8. The Hall–Kier alpha value is -0.810. The summed E-state index contributed by atoms with van der Waals surface area (Å²) in [5.41, 5.74) is 0. The van der Waals surface area contributed by atoms with E-state index < -0.39 is 0 Å². The number of likely N-dealkylation sites (N-methyl/N-ethyl adjacent to an activating group) is 1. The largest absolute Gasteiger partial charge is 0.357 e. The van der Waals surface area contributed by atoms with Crippen LogP contribution in [-0.4, -0.2) is 86.6 Å². The molecule has 0 radical (unpaired) electrons. The highest BCUT2D eigenvalue weighted by Gasteiger charge is 2.25. The van der Waals surface area contributed by atoms with E-state index in [1.54, 1.807) is 0 Å². The lowest BCUT2D eigenvalue weighted by atomic mass is 10.1. The number of rotatable bonds is 11. The average molecular weight is 340 g/mol. The smallest absolute Gasteiger partial charge is 0.193 e. The highest BCUT2D eigenvalue weighted by atomic mass is 15.3. The van der Waals surface area contributed by atoms with Crippen molar-refractivity contribution in [2.24, 2.45) is 10.9 Å². The molecule has 0 amide bonds. The van der Waals surface area contributed by atoms with Gasteiger partial charge in [0.2, 0.25) is 0 Å². The van der Waals surface area contributed by atoms with Gasteiger partial charge < -0.3 is 20.0 Å². The molecule has 5 nitrogen and oxygen atoms in total. The first-order valence-corrected chi connectivity index (χ1v) is 10.1. The van der Waals surface area contributed by atoms with Crippen LogP contribution in [0.3, 0.4) is 0 Å². The second-order valence-electron chi connectivity index (χ2n) is 6.98. The Morgan fingerprint density at radius 1 is 1.17 bits per heavy atom. The topological polar surface area (TPSA) is 34.1 Å². The highest BCUT2D eigenvalue weighted by Crippen LogP contribution is 2.17. The van der Waals surface area contributed by atoms with E-state index in [-0.39, 0.29) is 0 Å². The number of guanidine groups is 1. The lowest BCUT2D eigenvalue weighted by Crippen LogP contribution is -2.41. The predicted molar refractivity (Wildman–Crippen MR) is 106 cm³/mol. The molecule has 1 aliphatic heterocycles. The van der Waals surface area contributed by atoms with Crippen molar-refractivity contribution in [3.63, 3.8) is 0 Å². The minimum absolute atomic E-state index is 0.779. The van der Waals surface area contributed by atoms with E-state index in [2.05, 4.69) is 54.8 Å². The molecule has 0 aromatic rings. The van der Waals surface area contributed by atoms with E-state index in [0.717, 1.165) is 57.7 Å². The number of aliphatic imine (C=N–C) groups is 1.